The van der Waals surface area contributed by atoms with Gasteiger partial charge in [-0.15, -0.1) is 0 Å². The van der Waals surface area contributed by atoms with Crippen molar-refractivity contribution in [3.63, 3.8) is 0 Å². The van der Waals surface area contributed by atoms with Crippen molar-refractivity contribution in [2.45, 2.75) is 59.9 Å². The van der Waals surface area contributed by atoms with E-state index in [2.05, 4.69) is 5.32 Å². The number of carbonyl (C=O) groups excluding carboxylic acids is 1. The van der Waals surface area contributed by atoms with Gasteiger partial charge in [0.15, 0.2) is 0 Å². The van der Waals surface area contributed by atoms with Crippen LogP contribution in [0.5, 0.6) is 0 Å². The van der Waals surface area contributed by atoms with Crippen molar-refractivity contribution in [2.24, 2.45) is 11.8 Å². The molecule has 0 spiro atoms. The molecule has 0 aliphatic carbocycles. The van der Waals surface area contributed by atoms with Crippen LogP contribution in [0, 0.1) is 11.8 Å². The first-order valence-electron chi connectivity index (χ1n) is 6.41. The van der Waals surface area contributed by atoms with E-state index in [-0.39, 0.29) is 23.9 Å². The van der Waals surface area contributed by atoms with Crippen molar-refractivity contribution in [1.82, 2.24) is 10.2 Å². The maximum absolute atomic E-state index is 11.8. The molecule has 2 N–H and O–H groups in total. The molecule has 0 aromatic rings. The molecule has 0 aliphatic heterocycles. The predicted octanol–water partition coefficient (Wildman–Crippen LogP) is 1.44. The average Bonchev–Trinajstić information content (AvgIpc) is 2.15. The number of aliphatic hydroxyl groups is 1. The molecule has 2 atom stereocenters. The van der Waals surface area contributed by atoms with E-state index in [1.54, 1.807) is 7.05 Å². The number of rotatable bonds is 6. The molecule has 0 heterocycles. The molecule has 2 unspecified atom stereocenters. The molecule has 1 amide bonds. The molecule has 0 rings (SSSR count). The molecule has 4 nitrogen and oxygen atoms in total. The van der Waals surface area contributed by atoms with Crippen molar-refractivity contribution < 1.29 is 9.90 Å². The summed E-state index contributed by atoms with van der Waals surface area (Å²) in [5, 5.41) is 13.1. The second-order valence-corrected chi connectivity index (χ2v) is 5.43. The third-order valence-electron chi connectivity index (χ3n) is 3.09. The number of hydrogen-bond acceptors (Lipinski definition) is 3. The molecular formula is C13H28N2O2. The largest absolute Gasteiger partial charge is 0.378 e. The number of nitrogens with one attached hydrogen (secondary N) is 1. The first kappa shape index (κ1) is 16.4. The third kappa shape index (κ3) is 4.28. The summed E-state index contributed by atoms with van der Waals surface area (Å²) in [4.78, 5) is 13.8. The van der Waals surface area contributed by atoms with Crippen molar-refractivity contribution >= 4 is 5.91 Å². The molecule has 0 aliphatic rings. The summed E-state index contributed by atoms with van der Waals surface area (Å²) >= 11 is 0. The lowest BCUT2D eigenvalue weighted by Gasteiger charge is -2.39. The smallest absolute Gasteiger partial charge is 0.227 e. The highest BCUT2D eigenvalue weighted by Crippen LogP contribution is 2.22. The Hall–Kier alpha value is -0.610. The summed E-state index contributed by atoms with van der Waals surface area (Å²) in [6.07, 6.45) is -0.741. The Balaban J connectivity index is 5.04. The first-order valence-corrected chi connectivity index (χ1v) is 6.41. The van der Waals surface area contributed by atoms with Crippen LogP contribution in [0.15, 0.2) is 0 Å². The lowest BCUT2D eigenvalue weighted by molar-refractivity contribution is -0.141. The van der Waals surface area contributed by atoms with Crippen LogP contribution in [-0.2, 0) is 4.79 Å². The summed E-state index contributed by atoms with van der Waals surface area (Å²) in [7, 11) is 1.61. The molecular weight excluding hydrogens is 216 g/mol. The monoisotopic (exact) mass is 244 g/mol. The highest BCUT2D eigenvalue weighted by molar-refractivity contribution is 5.79. The molecule has 0 saturated carbocycles. The third-order valence-corrected chi connectivity index (χ3v) is 3.09. The zero-order valence-corrected chi connectivity index (χ0v) is 12.2. The first-order chi connectivity index (χ1) is 7.73. The maximum Gasteiger partial charge on any atom is 0.227 e. The van der Waals surface area contributed by atoms with Crippen LogP contribution < -0.4 is 5.32 Å². The Morgan fingerprint density at radius 2 is 1.47 bits per heavy atom. The fourth-order valence-electron chi connectivity index (χ4n) is 2.34. The van der Waals surface area contributed by atoms with E-state index in [1.165, 1.54) is 0 Å². The van der Waals surface area contributed by atoms with E-state index < -0.39 is 12.1 Å². The fourth-order valence-corrected chi connectivity index (χ4v) is 2.34. The highest BCUT2D eigenvalue weighted by atomic mass is 16.3. The summed E-state index contributed by atoms with van der Waals surface area (Å²) in [5.41, 5.74) is 0. The molecule has 0 saturated heterocycles. The van der Waals surface area contributed by atoms with Gasteiger partial charge >= 0.3 is 0 Å². The van der Waals surface area contributed by atoms with Crippen LogP contribution in [0.2, 0.25) is 0 Å². The Morgan fingerprint density at radius 3 is 1.71 bits per heavy atom. The standard InChI is InChI=1S/C13H28N2O2/c1-8(2)11(12(16)14-7)13(17)15(9(3)4)10(5)6/h8-11,13,17H,1-7H3,(H,14,16). The van der Waals surface area contributed by atoms with Gasteiger partial charge in [-0.2, -0.15) is 0 Å². The maximum atomic E-state index is 11.8. The Bertz CT molecular complexity index is 232. The van der Waals surface area contributed by atoms with Crippen LogP contribution in [0.4, 0.5) is 0 Å². The number of hydrogen-bond donors (Lipinski definition) is 2. The van der Waals surface area contributed by atoms with Crippen LogP contribution in [0.3, 0.4) is 0 Å². The minimum atomic E-state index is -0.741. The number of nitrogens with zero attached hydrogens (tertiary/aromatic N) is 1. The van der Waals surface area contributed by atoms with Gasteiger partial charge < -0.3 is 10.4 Å². The predicted molar refractivity (Wildman–Crippen MR) is 70.5 cm³/mol. The van der Waals surface area contributed by atoms with E-state index >= 15 is 0 Å². The van der Waals surface area contributed by atoms with Gasteiger partial charge in [0.05, 0.1) is 5.92 Å². The van der Waals surface area contributed by atoms with Crippen LogP contribution >= 0.6 is 0 Å². The SMILES string of the molecule is CNC(=O)C(C(C)C)C(O)N(C(C)C)C(C)C. The average molecular weight is 244 g/mol. The minimum absolute atomic E-state index is 0.0983. The van der Waals surface area contributed by atoms with Gasteiger partial charge in [-0.25, -0.2) is 0 Å². The van der Waals surface area contributed by atoms with E-state index in [0.29, 0.717) is 0 Å². The fraction of sp³-hybridized carbons (Fsp3) is 0.923. The topological polar surface area (TPSA) is 52.6 Å². The second-order valence-electron chi connectivity index (χ2n) is 5.43. The van der Waals surface area contributed by atoms with Crippen molar-refractivity contribution in [2.75, 3.05) is 7.05 Å². The molecule has 102 valence electrons. The number of aliphatic hydroxyl groups excluding tert-OH is 1. The quantitative estimate of drug-likeness (QED) is 0.695. The van der Waals surface area contributed by atoms with Gasteiger partial charge in [0.25, 0.3) is 0 Å². The van der Waals surface area contributed by atoms with Crippen molar-refractivity contribution in [1.29, 1.82) is 0 Å². The van der Waals surface area contributed by atoms with Gasteiger partial charge in [-0.3, -0.25) is 9.69 Å². The molecule has 4 heteroatoms. The van der Waals surface area contributed by atoms with Crippen molar-refractivity contribution in [3.8, 4) is 0 Å². The molecule has 0 fully saturated rings. The molecule has 0 radical (unpaired) electrons. The Morgan fingerprint density at radius 1 is 1.06 bits per heavy atom. The van der Waals surface area contributed by atoms with Crippen LogP contribution in [0.25, 0.3) is 0 Å². The Labute approximate surface area is 105 Å². The van der Waals surface area contributed by atoms with Gasteiger partial charge in [0, 0.05) is 19.1 Å². The van der Waals surface area contributed by atoms with E-state index in [4.69, 9.17) is 0 Å². The van der Waals surface area contributed by atoms with Crippen molar-refractivity contribution in [3.05, 3.63) is 0 Å². The van der Waals surface area contributed by atoms with E-state index in [0.717, 1.165) is 0 Å². The number of carbonyl (C=O) groups is 1. The summed E-state index contributed by atoms with van der Waals surface area (Å²) in [5.74, 6) is -0.395. The number of amides is 1. The lowest BCUT2D eigenvalue weighted by atomic mass is 9.91. The summed E-state index contributed by atoms with van der Waals surface area (Å²) in [6, 6.07) is 0.409. The zero-order chi connectivity index (χ0) is 13.7. The summed E-state index contributed by atoms with van der Waals surface area (Å²) < 4.78 is 0. The van der Waals surface area contributed by atoms with Crippen LogP contribution in [-0.4, -0.2) is 41.3 Å². The van der Waals surface area contributed by atoms with Gasteiger partial charge in [-0.05, 0) is 33.6 Å². The van der Waals surface area contributed by atoms with Gasteiger partial charge in [-0.1, -0.05) is 13.8 Å². The van der Waals surface area contributed by atoms with Gasteiger partial charge in [0.1, 0.15) is 6.23 Å². The highest BCUT2D eigenvalue weighted by Gasteiger charge is 2.35. The Kier molecular flexibility index (Phi) is 6.72. The molecule has 0 aromatic carbocycles. The second kappa shape index (κ2) is 6.97. The molecule has 17 heavy (non-hydrogen) atoms. The lowest BCUT2D eigenvalue weighted by Crippen LogP contribution is -2.53. The van der Waals surface area contributed by atoms with E-state index in [1.807, 2.05) is 46.4 Å². The minimum Gasteiger partial charge on any atom is -0.378 e. The van der Waals surface area contributed by atoms with Crippen LogP contribution in [0.1, 0.15) is 41.5 Å². The van der Waals surface area contributed by atoms with E-state index in [9.17, 15) is 9.90 Å². The summed E-state index contributed by atoms with van der Waals surface area (Å²) in [6.45, 7) is 12.0. The zero-order valence-electron chi connectivity index (χ0n) is 12.2. The van der Waals surface area contributed by atoms with Gasteiger partial charge in [0.2, 0.25) is 5.91 Å². The molecule has 0 bridgehead atoms. The normalized spacial score (nSPS) is 15.8. The molecule has 0 aromatic heterocycles.